The van der Waals surface area contributed by atoms with Gasteiger partial charge in [-0.3, -0.25) is 0 Å². The molecule has 0 aliphatic heterocycles. The molecular weight excluding hydrogens is 160 g/mol. The SMILES string of the molecule is CB(N[SiH2]Cl)C(C)Cl. The second-order valence-electron chi connectivity index (χ2n) is 1.80. The molecule has 0 aliphatic carbocycles. The van der Waals surface area contributed by atoms with Crippen LogP contribution in [0.1, 0.15) is 6.92 Å². The van der Waals surface area contributed by atoms with Crippen molar-refractivity contribution in [2.24, 2.45) is 0 Å². The van der Waals surface area contributed by atoms with Gasteiger partial charge in [-0.1, -0.05) is 13.7 Å². The third kappa shape index (κ3) is 3.78. The van der Waals surface area contributed by atoms with Gasteiger partial charge < -0.3 is 4.89 Å². The summed E-state index contributed by atoms with van der Waals surface area (Å²) < 4.78 is 0. The minimum absolute atomic E-state index is 0.182. The predicted molar refractivity (Wildman–Crippen MR) is 44.5 cm³/mol. The molecule has 0 amide bonds. The van der Waals surface area contributed by atoms with Gasteiger partial charge in [0.25, 0.3) is 0 Å². The van der Waals surface area contributed by atoms with E-state index in [2.05, 4.69) is 4.89 Å². The Bertz CT molecular complexity index is 63.2. The molecule has 0 fully saturated rings. The number of nitrogens with one attached hydrogen (secondary N) is 1. The molecule has 0 aromatic rings. The van der Waals surface area contributed by atoms with Crippen LogP contribution in [0.3, 0.4) is 0 Å². The van der Waals surface area contributed by atoms with Crippen molar-refractivity contribution in [2.45, 2.75) is 19.0 Å². The van der Waals surface area contributed by atoms with E-state index in [4.69, 9.17) is 22.7 Å². The van der Waals surface area contributed by atoms with Gasteiger partial charge in [0, 0.05) is 5.28 Å². The summed E-state index contributed by atoms with van der Waals surface area (Å²) in [5, 5.41) is 0.182. The van der Waals surface area contributed by atoms with Crippen molar-refractivity contribution >= 4 is 38.5 Å². The van der Waals surface area contributed by atoms with Crippen LogP contribution in [-0.4, -0.2) is 21.1 Å². The fraction of sp³-hybridized carbons (Fsp3) is 1.00. The largest absolute Gasteiger partial charge is 0.370 e. The van der Waals surface area contributed by atoms with E-state index in [1.165, 1.54) is 0 Å². The molecule has 0 heterocycles. The van der Waals surface area contributed by atoms with Crippen LogP contribution in [0.2, 0.25) is 6.82 Å². The number of rotatable bonds is 3. The zero-order valence-corrected chi connectivity index (χ0v) is 8.04. The highest BCUT2D eigenvalue weighted by Crippen LogP contribution is 1.95. The van der Waals surface area contributed by atoms with Gasteiger partial charge in [-0.2, -0.15) is 11.1 Å². The molecule has 1 nitrogen and oxygen atoms in total. The standard InChI is InChI=1S/C3H10BCl2NSi/c1-3(5)4(2)7-8-6/h3,7H,8H2,1-2H3. The van der Waals surface area contributed by atoms with E-state index >= 15 is 0 Å². The van der Waals surface area contributed by atoms with Gasteiger partial charge in [-0.05, 0) is 0 Å². The fourth-order valence-corrected chi connectivity index (χ4v) is 1.85. The van der Waals surface area contributed by atoms with E-state index in [1.807, 2.05) is 13.7 Å². The van der Waals surface area contributed by atoms with Gasteiger partial charge in [0.1, 0.15) is 0 Å². The summed E-state index contributed by atoms with van der Waals surface area (Å²) in [6.45, 7) is 4.36. The number of hydrogen-bond acceptors (Lipinski definition) is 1. The second kappa shape index (κ2) is 4.68. The quantitative estimate of drug-likeness (QED) is 0.371. The van der Waals surface area contributed by atoms with Crippen LogP contribution in [0.4, 0.5) is 0 Å². The Morgan fingerprint density at radius 2 is 2.25 bits per heavy atom. The molecule has 5 heteroatoms. The van der Waals surface area contributed by atoms with E-state index in [-0.39, 0.29) is 5.28 Å². The van der Waals surface area contributed by atoms with Gasteiger partial charge in [-0.15, -0.1) is 11.6 Å². The number of halogens is 2. The molecule has 0 aliphatic rings. The third-order valence-corrected chi connectivity index (χ3v) is 2.73. The summed E-state index contributed by atoms with van der Waals surface area (Å²) in [7, 11) is -0.538. The van der Waals surface area contributed by atoms with Crippen molar-refractivity contribution in [1.82, 2.24) is 4.89 Å². The van der Waals surface area contributed by atoms with Gasteiger partial charge in [-0.25, -0.2) is 0 Å². The van der Waals surface area contributed by atoms with Crippen molar-refractivity contribution in [3.8, 4) is 0 Å². The lowest BCUT2D eigenvalue weighted by atomic mass is 9.64. The first-order chi connectivity index (χ1) is 3.68. The van der Waals surface area contributed by atoms with Crippen molar-refractivity contribution in [1.29, 1.82) is 0 Å². The summed E-state index contributed by atoms with van der Waals surface area (Å²) in [5.74, 6) is 0. The molecule has 48 valence electrons. The Hall–Kier alpha value is 0.822. The van der Waals surface area contributed by atoms with Crippen molar-refractivity contribution in [2.75, 3.05) is 0 Å². The Kier molecular flexibility index (Phi) is 5.16. The van der Waals surface area contributed by atoms with Crippen LogP contribution in [0, 0.1) is 0 Å². The lowest BCUT2D eigenvalue weighted by Gasteiger charge is -2.07. The highest BCUT2D eigenvalue weighted by atomic mass is 35.6. The van der Waals surface area contributed by atoms with Crippen molar-refractivity contribution in [3.05, 3.63) is 0 Å². The molecule has 0 saturated heterocycles. The minimum atomic E-state index is -0.538. The van der Waals surface area contributed by atoms with Gasteiger partial charge in [0.2, 0.25) is 6.85 Å². The lowest BCUT2D eigenvalue weighted by Crippen LogP contribution is -2.38. The number of alkyl halides is 1. The third-order valence-electron chi connectivity index (χ3n) is 1.09. The van der Waals surface area contributed by atoms with Crippen LogP contribution in [0.25, 0.3) is 0 Å². The van der Waals surface area contributed by atoms with Crippen molar-refractivity contribution < 1.29 is 0 Å². The summed E-state index contributed by atoms with van der Waals surface area (Å²) in [4.78, 5) is 3.12. The highest BCUT2D eigenvalue weighted by molar-refractivity contribution is 6.96. The fourth-order valence-electron chi connectivity index (χ4n) is 0.284. The van der Waals surface area contributed by atoms with E-state index in [9.17, 15) is 0 Å². The zero-order chi connectivity index (χ0) is 6.57. The summed E-state index contributed by atoms with van der Waals surface area (Å²) in [5.41, 5.74) is 0. The average molecular weight is 170 g/mol. The first-order valence-corrected chi connectivity index (χ1v) is 5.90. The molecule has 8 heavy (non-hydrogen) atoms. The maximum Gasteiger partial charge on any atom is 0.229 e. The maximum atomic E-state index is 5.71. The topological polar surface area (TPSA) is 12.0 Å². The Balaban J connectivity index is 3.17. The van der Waals surface area contributed by atoms with Gasteiger partial charge >= 0.3 is 0 Å². The highest BCUT2D eigenvalue weighted by Gasteiger charge is 2.11. The molecule has 0 aromatic carbocycles. The molecule has 1 unspecified atom stereocenters. The van der Waals surface area contributed by atoms with E-state index < -0.39 is 8.99 Å². The molecule has 0 radical (unpaired) electrons. The normalized spacial score (nSPS) is 15.0. The second-order valence-corrected chi connectivity index (χ2v) is 3.97. The Labute approximate surface area is 62.8 Å². The van der Waals surface area contributed by atoms with E-state index in [1.54, 1.807) is 0 Å². The van der Waals surface area contributed by atoms with E-state index in [0.29, 0.717) is 6.85 Å². The van der Waals surface area contributed by atoms with Gasteiger partial charge in [0.15, 0.2) is 8.99 Å². The van der Waals surface area contributed by atoms with Crippen LogP contribution in [0.15, 0.2) is 0 Å². The molecule has 0 saturated carbocycles. The summed E-state index contributed by atoms with van der Waals surface area (Å²) in [6.07, 6.45) is 0. The molecule has 0 aromatic heterocycles. The van der Waals surface area contributed by atoms with Crippen molar-refractivity contribution in [3.63, 3.8) is 0 Å². The predicted octanol–water partition coefficient (Wildman–Crippen LogP) is 0.601. The maximum absolute atomic E-state index is 5.71. The Morgan fingerprint density at radius 1 is 1.75 bits per heavy atom. The van der Waals surface area contributed by atoms with Crippen LogP contribution >= 0.6 is 22.7 Å². The Morgan fingerprint density at radius 3 is 2.38 bits per heavy atom. The van der Waals surface area contributed by atoms with Crippen LogP contribution in [0.5, 0.6) is 0 Å². The van der Waals surface area contributed by atoms with Crippen LogP contribution < -0.4 is 4.89 Å². The molecular formula is C3H10BCl2NSi. The molecule has 0 spiro atoms. The monoisotopic (exact) mass is 169 g/mol. The zero-order valence-electron chi connectivity index (χ0n) is 5.12. The minimum Gasteiger partial charge on any atom is -0.370 e. The molecule has 0 rings (SSSR count). The number of hydrogen-bond donors (Lipinski definition) is 1. The average Bonchev–Trinajstić information content (AvgIpc) is 1.67. The molecule has 1 N–H and O–H groups in total. The summed E-state index contributed by atoms with van der Waals surface area (Å²) in [6, 6.07) is 0. The molecule has 0 bridgehead atoms. The first kappa shape index (κ1) is 8.82. The smallest absolute Gasteiger partial charge is 0.229 e. The van der Waals surface area contributed by atoms with Crippen LogP contribution in [-0.2, 0) is 0 Å². The molecule has 1 atom stereocenters. The first-order valence-electron chi connectivity index (χ1n) is 2.62. The van der Waals surface area contributed by atoms with Gasteiger partial charge in [0.05, 0.1) is 0 Å². The lowest BCUT2D eigenvalue weighted by molar-refractivity contribution is 1.27. The summed E-state index contributed by atoms with van der Waals surface area (Å²) >= 11 is 11.2. The van der Waals surface area contributed by atoms with E-state index in [0.717, 1.165) is 0 Å².